The molecule has 3 aromatic rings. The number of halogens is 1. The van der Waals surface area contributed by atoms with Crippen LogP contribution in [-0.2, 0) is 0 Å². The Morgan fingerprint density at radius 2 is 1.88 bits per heavy atom. The van der Waals surface area contributed by atoms with Crippen LogP contribution in [0.1, 0.15) is 22.4 Å². The van der Waals surface area contributed by atoms with Crippen molar-refractivity contribution < 1.29 is 18.8 Å². The molecule has 1 amide bonds. The average molecular weight is 327 g/mol. The first-order chi connectivity index (χ1) is 11.6. The third-order valence-corrected chi connectivity index (χ3v) is 3.36. The molecular formula is C17H14FN3O3. The topological polar surface area (TPSA) is 88.2 Å². The number of nitrogens with zero attached hydrogens (tertiary/aromatic N) is 2. The van der Waals surface area contributed by atoms with Gasteiger partial charge in [-0.25, -0.2) is 4.39 Å². The largest absolute Gasteiger partial charge is 0.387 e. The Bertz CT molecular complexity index is 819. The highest BCUT2D eigenvalue weighted by Gasteiger charge is 2.17. The molecule has 0 saturated carbocycles. The van der Waals surface area contributed by atoms with Gasteiger partial charge in [0.2, 0.25) is 5.82 Å². The van der Waals surface area contributed by atoms with E-state index in [2.05, 4.69) is 15.5 Å². The van der Waals surface area contributed by atoms with Gasteiger partial charge in [-0.2, -0.15) is 4.98 Å². The summed E-state index contributed by atoms with van der Waals surface area (Å²) in [5, 5.41) is 16.2. The molecule has 0 aliphatic carbocycles. The lowest BCUT2D eigenvalue weighted by atomic mass is 10.1. The summed E-state index contributed by atoms with van der Waals surface area (Å²) in [5.41, 5.74) is 1.22. The molecule has 122 valence electrons. The van der Waals surface area contributed by atoms with E-state index in [9.17, 15) is 14.3 Å². The molecule has 0 saturated heterocycles. The smallest absolute Gasteiger partial charge is 0.316 e. The molecule has 1 heterocycles. The van der Waals surface area contributed by atoms with Crippen LogP contribution in [-0.4, -0.2) is 27.7 Å². The number of hydrogen-bond donors (Lipinski definition) is 2. The minimum atomic E-state index is -0.838. The van der Waals surface area contributed by atoms with Gasteiger partial charge in [0.15, 0.2) is 0 Å². The zero-order valence-corrected chi connectivity index (χ0v) is 12.5. The van der Waals surface area contributed by atoms with Crippen molar-refractivity contribution in [2.24, 2.45) is 0 Å². The van der Waals surface area contributed by atoms with Crippen molar-refractivity contribution in [1.29, 1.82) is 0 Å². The van der Waals surface area contributed by atoms with E-state index in [1.54, 1.807) is 24.3 Å². The van der Waals surface area contributed by atoms with Crippen molar-refractivity contribution in [3.05, 3.63) is 71.9 Å². The van der Waals surface area contributed by atoms with E-state index in [1.165, 1.54) is 24.3 Å². The highest BCUT2D eigenvalue weighted by Crippen LogP contribution is 2.16. The predicted molar refractivity (Wildman–Crippen MR) is 83.4 cm³/mol. The van der Waals surface area contributed by atoms with E-state index in [-0.39, 0.29) is 24.1 Å². The normalized spacial score (nSPS) is 11.9. The second-order valence-corrected chi connectivity index (χ2v) is 5.07. The monoisotopic (exact) mass is 327 g/mol. The lowest BCUT2D eigenvalue weighted by molar-refractivity contribution is 0.0873. The van der Waals surface area contributed by atoms with E-state index < -0.39 is 12.0 Å². The van der Waals surface area contributed by atoms with E-state index in [0.717, 1.165) is 0 Å². The van der Waals surface area contributed by atoms with Crippen LogP contribution in [0, 0.1) is 5.82 Å². The van der Waals surface area contributed by atoms with E-state index in [0.29, 0.717) is 11.1 Å². The highest BCUT2D eigenvalue weighted by atomic mass is 19.1. The third kappa shape index (κ3) is 3.64. The molecule has 24 heavy (non-hydrogen) atoms. The molecule has 0 aliphatic rings. The molecule has 1 aromatic heterocycles. The first kappa shape index (κ1) is 15.8. The fourth-order valence-corrected chi connectivity index (χ4v) is 2.09. The van der Waals surface area contributed by atoms with Gasteiger partial charge in [-0.3, -0.25) is 4.79 Å². The van der Waals surface area contributed by atoms with Crippen LogP contribution in [0.5, 0.6) is 0 Å². The predicted octanol–water partition coefficient (Wildman–Crippen LogP) is 2.34. The van der Waals surface area contributed by atoms with E-state index in [1.807, 2.05) is 6.07 Å². The van der Waals surface area contributed by atoms with Gasteiger partial charge in [-0.05, 0) is 29.8 Å². The number of carbonyl (C=O) groups excluding carboxylic acids is 1. The van der Waals surface area contributed by atoms with Crippen LogP contribution in [0.3, 0.4) is 0 Å². The van der Waals surface area contributed by atoms with Gasteiger partial charge < -0.3 is 14.9 Å². The Labute approximate surface area is 136 Å². The maximum atomic E-state index is 12.9. The zero-order chi connectivity index (χ0) is 16.9. The van der Waals surface area contributed by atoms with Gasteiger partial charge in [-0.1, -0.05) is 35.5 Å². The molecule has 0 spiro atoms. The SMILES string of the molecule is O=C(NC[C@@H](O)c1ccccc1)c1nc(-c2ccc(F)cc2)no1. The first-order valence-electron chi connectivity index (χ1n) is 7.24. The maximum Gasteiger partial charge on any atom is 0.316 e. The Morgan fingerprint density at radius 1 is 1.17 bits per heavy atom. The fourth-order valence-electron chi connectivity index (χ4n) is 2.09. The molecule has 6 nitrogen and oxygen atoms in total. The number of hydrogen-bond acceptors (Lipinski definition) is 5. The molecule has 2 aromatic carbocycles. The Hall–Kier alpha value is -3.06. The number of aliphatic hydroxyl groups excluding tert-OH is 1. The van der Waals surface area contributed by atoms with Gasteiger partial charge in [-0.15, -0.1) is 0 Å². The van der Waals surface area contributed by atoms with Crippen molar-refractivity contribution in [2.75, 3.05) is 6.54 Å². The summed E-state index contributed by atoms with van der Waals surface area (Å²) < 4.78 is 17.8. The van der Waals surface area contributed by atoms with Crippen LogP contribution < -0.4 is 5.32 Å². The molecule has 7 heteroatoms. The molecule has 3 rings (SSSR count). The quantitative estimate of drug-likeness (QED) is 0.751. The van der Waals surface area contributed by atoms with Crippen molar-refractivity contribution in [3.63, 3.8) is 0 Å². The van der Waals surface area contributed by atoms with Crippen LogP contribution in [0.15, 0.2) is 59.1 Å². The van der Waals surface area contributed by atoms with Gasteiger partial charge in [0.05, 0.1) is 6.10 Å². The van der Waals surface area contributed by atoms with Gasteiger partial charge in [0.1, 0.15) is 5.82 Å². The molecule has 1 atom stereocenters. The molecule has 0 fully saturated rings. The van der Waals surface area contributed by atoms with Gasteiger partial charge in [0.25, 0.3) is 0 Å². The molecule has 0 bridgehead atoms. The number of rotatable bonds is 5. The molecule has 0 aliphatic heterocycles. The minimum Gasteiger partial charge on any atom is -0.387 e. The Morgan fingerprint density at radius 3 is 2.58 bits per heavy atom. The van der Waals surface area contributed by atoms with Crippen molar-refractivity contribution in [1.82, 2.24) is 15.5 Å². The third-order valence-electron chi connectivity index (χ3n) is 3.36. The summed E-state index contributed by atoms with van der Waals surface area (Å²) in [6, 6.07) is 14.5. The highest BCUT2D eigenvalue weighted by molar-refractivity contribution is 5.89. The zero-order valence-electron chi connectivity index (χ0n) is 12.5. The lowest BCUT2D eigenvalue weighted by Gasteiger charge is -2.10. The van der Waals surface area contributed by atoms with Crippen LogP contribution in [0.4, 0.5) is 4.39 Å². The number of benzene rings is 2. The van der Waals surface area contributed by atoms with E-state index >= 15 is 0 Å². The molecular weight excluding hydrogens is 313 g/mol. The summed E-state index contributed by atoms with van der Waals surface area (Å²) >= 11 is 0. The summed E-state index contributed by atoms with van der Waals surface area (Å²) in [4.78, 5) is 16.0. The van der Waals surface area contributed by atoms with Gasteiger partial charge >= 0.3 is 11.8 Å². The summed E-state index contributed by atoms with van der Waals surface area (Å²) in [7, 11) is 0. The second kappa shape index (κ2) is 7.01. The molecule has 0 unspecified atom stereocenters. The number of carbonyl (C=O) groups is 1. The Balaban J connectivity index is 1.63. The van der Waals surface area contributed by atoms with Crippen LogP contribution in [0.2, 0.25) is 0 Å². The number of aromatic nitrogens is 2. The summed E-state index contributed by atoms with van der Waals surface area (Å²) in [6.07, 6.45) is -0.838. The Kier molecular flexibility index (Phi) is 4.62. The lowest BCUT2D eigenvalue weighted by Crippen LogP contribution is -2.28. The van der Waals surface area contributed by atoms with Crippen molar-refractivity contribution >= 4 is 5.91 Å². The number of nitrogens with one attached hydrogen (secondary N) is 1. The summed E-state index contributed by atoms with van der Waals surface area (Å²) in [5.74, 6) is -1.01. The summed E-state index contributed by atoms with van der Waals surface area (Å²) in [6.45, 7) is 0.0110. The van der Waals surface area contributed by atoms with Crippen LogP contribution >= 0.6 is 0 Å². The fraction of sp³-hybridized carbons (Fsp3) is 0.118. The van der Waals surface area contributed by atoms with Crippen molar-refractivity contribution in [2.45, 2.75) is 6.10 Å². The molecule has 2 N–H and O–H groups in total. The number of amides is 1. The second-order valence-electron chi connectivity index (χ2n) is 5.07. The average Bonchev–Trinajstić information content (AvgIpc) is 3.11. The number of aliphatic hydroxyl groups is 1. The van der Waals surface area contributed by atoms with E-state index in [4.69, 9.17) is 4.52 Å². The standard InChI is InChI=1S/C17H14FN3O3/c18-13-8-6-12(7-9-13)15-20-17(24-21-15)16(23)19-10-14(22)11-4-2-1-3-5-11/h1-9,14,22H,10H2,(H,19,23)/t14-/m1/s1. The van der Waals surface area contributed by atoms with Crippen LogP contribution in [0.25, 0.3) is 11.4 Å². The maximum absolute atomic E-state index is 12.9. The van der Waals surface area contributed by atoms with Gasteiger partial charge in [0, 0.05) is 12.1 Å². The van der Waals surface area contributed by atoms with Crippen molar-refractivity contribution in [3.8, 4) is 11.4 Å². The first-order valence-corrected chi connectivity index (χ1v) is 7.24. The molecule has 0 radical (unpaired) electrons. The minimum absolute atomic E-state index is 0.0110.